The van der Waals surface area contributed by atoms with Crippen LogP contribution in [0.15, 0.2) is 61.2 Å². The van der Waals surface area contributed by atoms with Gasteiger partial charge in [0.2, 0.25) is 5.65 Å². The molecule has 0 saturated carbocycles. The molecule has 1 atom stereocenters. The minimum atomic E-state index is 0.464. The van der Waals surface area contributed by atoms with Gasteiger partial charge >= 0.3 is 0 Å². The SMILES string of the molecule is [C-]#[N+]c1ccc(-c2nc(OC[C@@H]3CCCN(C)C3)c3nccn3c2-c2cnc3c(ccn3C)c2)cc1. The van der Waals surface area contributed by atoms with Crippen molar-refractivity contribution in [2.75, 3.05) is 26.7 Å². The molecular weight excluding hydrogens is 450 g/mol. The fraction of sp³-hybridized carbons (Fsp3) is 0.286. The van der Waals surface area contributed by atoms with Crippen LogP contribution in [0, 0.1) is 12.5 Å². The standard InChI is InChI=1S/C28H27N7O/c1-29-23-8-6-20(7-9-23)24-25(22-15-21-10-13-34(3)26(21)31-16-22)35-14-11-30-27(35)28(32-24)36-18-19-5-4-12-33(2)17-19/h6-11,13-16,19H,4-5,12,17-18H2,2-3H3/t19-/m1/s1. The number of ether oxygens (including phenoxy) is 1. The summed E-state index contributed by atoms with van der Waals surface area (Å²) in [5.74, 6) is 0.987. The van der Waals surface area contributed by atoms with Gasteiger partial charge in [-0.1, -0.05) is 24.3 Å². The van der Waals surface area contributed by atoms with Crippen molar-refractivity contribution in [2.45, 2.75) is 12.8 Å². The Morgan fingerprint density at radius 3 is 2.72 bits per heavy atom. The van der Waals surface area contributed by atoms with Crippen LogP contribution in [-0.4, -0.2) is 55.6 Å². The van der Waals surface area contributed by atoms with Crippen LogP contribution >= 0.6 is 0 Å². The van der Waals surface area contributed by atoms with Gasteiger partial charge in [0.1, 0.15) is 5.65 Å². The van der Waals surface area contributed by atoms with Crippen LogP contribution in [0.3, 0.4) is 0 Å². The van der Waals surface area contributed by atoms with E-state index in [0.717, 1.165) is 53.1 Å². The van der Waals surface area contributed by atoms with Gasteiger partial charge < -0.3 is 14.2 Å². The lowest BCUT2D eigenvalue weighted by atomic mass is 10.00. The van der Waals surface area contributed by atoms with Crippen molar-refractivity contribution in [1.29, 1.82) is 0 Å². The molecule has 0 bridgehead atoms. The first-order chi connectivity index (χ1) is 17.6. The third-order valence-corrected chi connectivity index (χ3v) is 6.94. The Hall–Kier alpha value is -4.22. The van der Waals surface area contributed by atoms with Crippen LogP contribution in [0.5, 0.6) is 5.88 Å². The Labute approximate surface area is 209 Å². The van der Waals surface area contributed by atoms with E-state index in [1.807, 2.05) is 58.9 Å². The van der Waals surface area contributed by atoms with E-state index in [2.05, 4.69) is 33.9 Å². The molecule has 1 fully saturated rings. The highest BCUT2D eigenvalue weighted by atomic mass is 16.5. The number of piperidine rings is 1. The zero-order chi connectivity index (χ0) is 24.6. The Bertz CT molecular complexity index is 1590. The maximum atomic E-state index is 7.33. The van der Waals surface area contributed by atoms with Gasteiger partial charge in [-0.3, -0.25) is 4.40 Å². The van der Waals surface area contributed by atoms with E-state index < -0.39 is 0 Å². The van der Waals surface area contributed by atoms with Gasteiger partial charge in [0.05, 0.1) is 24.6 Å². The van der Waals surface area contributed by atoms with Crippen molar-refractivity contribution < 1.29 is 4.74 Å². The first-order valence-corrected chi connectivity index (χ1v) is 12.2. The smallest absolute Gasteiger partial charge is 0.259 e. The van der Waals surface area contributed by atoms with E-state index in [1.165, 1.54) is 6.42 Å². The summed E-state index contributed by atoms with van der Waals surface area (Å²) in [7, 11) is 4.15. The second-order valence-electron chi connectivity index (χ2n) is 9.54. The Morgan fingerprint density at radius 1 is 1.06 bits per heavy atom. The van der Waals surface area contributed by atoms with E-state index in [1.54, 1.807) is 6.20 Å². The summed E-state index contributed by atoms with van der Waals surface area (Å²) in [6.07, 6.45) is 9.95. The van der Waals surface area contributed by atoms with Gasteiger partial charge in [-0.25, -0.2) is 19.8 Å². The number of benzene rings is 1. The third kappa shape index (κ3) is 3.97. The van der Waals surface area contributed by atoms with Crippen LogP contribution < -0.4 is 4.74 Å². The number of hydrogen-bond donors (Lipinski definition) is 0. The van der Waals surface area contributed by atoms with Crippen molar-refractivity contribution >= 4 is 22.4 Å². The number of rotatable bonds is 5. The monoisotopic (exact) mass is 477 g/mol. The molecule has 180 valence electrons. The number of fused-ring (bicyclic) bond motifs is 2. The third-order valence-electron chi connectivity index (χ3n) is 6.94. The van der Waals surface area contributed by atoms with E-state index in [0.29, 0.717) is 29.7 Å². The molecule has 5 heterocycles. The van der Waals surface area contributed by atoms with Gasteiger partial charge in [-0.15, -0.1) is 0 Å². The maximum Gasteiger partial charge on any atom is 0.259 e. The van der Waals surface area contributed by atoms with Crippen molar-refractivity contribution in [3.8, 4) is 28.4 Å². The topological polar surface area (TPSA) is 64.8 Å². The molecule has 1 aliphatic heterocycles. The predicted octanol–water partition coefficient (Wildman–Crippen LogP) is 5.22. The number of likely N-dealkylation sites (tertiary alicyclic amines) is 1. The Morgan fingerprint density at radius 2 is 1.92 bits per heavy atom. The van der Waals surface area contributed by atoms with Gasteiger partial charge in [0.15, 0.2) is 5.69 Å². The molecule has 36 heavy (non-hydrogen) atoms. The zero-order valence-electron chi connectivity index (χ0n) is 20.4. The highest BCUT2D eigenvalue weighted by Crippen LogP contribution is 2.36. The summed E-state index contributed by atoms with van der Waals surface area (Å²) >= 11 is 0. The lowest BCUT2D eigenvalue weighted by Gasteiger charge is -2.29. The molecule has 0 amide bonds. The number of hydrogen-bond acceptors (Lipinski definition) is 5. The van der Waals surface area contributed by atoms with E-state index in [9.17, 15) is 0 Å². The first kappa shape index (κ1) is 22.3. The lowest BCUT2D eigenvalue weighted by molar-refractivity contribution is 0.148. The van der Waals surface area contributed by atoms with Crippen molar-refractivity contribution in [3.05, 3.63) is 72.6 Å². The molecule has 0 N–H and O–H groups in total. The van der Waals surface area contributed by atoms with Gasteiger partial charge in [-0.2, -0.15) is 0 Å². The molecule has 0 spiro atoms. The highest BCUT2D eigenvalue weighted by Gasteiger charge is 2.22. The van der Waals surface area contributed by atoms with Crippen LogP contribution in [0.2, 0.25) is 0 Å². The number of aromatic nitrogens is 5. The summed E-state index contributed by atoms with van der Waals surface area (Å²) in [5.41, 5.74) is 5.70. The van der Waals surface area contributed by atoms with E-state index in [4.69, 9.17) is 21.3 Å². The number of imidazole rings is 1. The van der Waals surface area contributed by atoms with Crippen LogP contribution in [0.25, 0.3) is 44.0 Å². The van der Waals surface area contributed by atoms with Gasteiger partial charge in [-0.05, 0) is 44.1 Å². The molecule has 4 aromatic heterocycles. The van der Waals surface area contributed by atoms with E-state index in [-0.39, 0.29) is 0 Å². The molecule has 0 radical (unpaired) electrons. The predicted molar refractivity (Wildman–Crippen MR) is 140 cm³/mol. The van der Waals surface area contributed by atoms with E-state index >= 15 is 0 Å². The molecule has 1 saturated heterocycles. The molecule has 8 nitrogen and oxygen atoms in total. The Balaban J connectivity index is 1.49. The molecule has 0 aliphatic carbocycles. The average molecular weight is 478 g/mol. The summed E-state index contributed by atoms with van der Waals surface area (Å²) in [6.45, 7) is 10.1. The van der Waals surface area contributed by atoms with Crippen molar-refractivity contribution in [2.24, 2.45) is 13.0 Å². The summed E-state index contributed by atoms with van der Waals surface area (Å²) in [4.78, 5) is 20.3. The Kier molecular flexibility index (Phi) is 5.62. The molecule has 6 rings (SSSR count). The van der Waals surface area contributed by atoms with Gasteiger partial charge in [0, 0.05) is 55.2 Å². The minimum Gasteiger partial charge on any atom is -0.475 e. The van der Waals surface area contributed by atoms with Crippen LogP contribution in [0.4, 0.5) is 5.69 Å². The van der Waals surface area contributed by atoms with Crippen LogP contribution in [0.1, 0.15) is 12.8 Å². The molecule has 1 aliphatic rings. The molecular formula is C28H27N7O. The number of aryl methyl sites for hydroxylation is 1. The molecule has 0 unspecified atom stereocenters. The minimum absolute atomic E-state index is 0.464. The fourth-order valence-corrected chi connectivity index (χ4v) is 5.12. The lowest BCUT2D eigenvalue weighted by Crippen LogP contribution is -2.34. The average Bonchev–Trinajstić information content (AvgIpc) is 3.54. The van der Waals surface area contributed by atoms with Gasteiger partial charge in [0.25, 0.3) is 5.88 Å². The normalized spacial score (nSPS) is 16.4. The number of nitrogens with zero attached hydrogens (tertiary/aromatic N) is 7. The fourth-order valence-electron chi connectivity index (χ4n) is 5.12. The summed E-state index contributed by atoms with van der Waals surface area (Å²) in [5, 5.41) is 1.05. The van der Waals surface area contributed by atoms with Crippen molar-refractivity contribution in [3.63, 3.8) is 0 Å². The quantitative estimate of drug-likeness (QED) is 0.325. The zero-order valence-corrected chi connectivity index (χ0v) is 20.4. The highest BCUT2D eigenvalue weighted by molar-refractivity contribution is 5.87. The largest absolute Gasteiger partial charge is 0.475 e. The second-order valence-corrected chi connectivity index (χ2v) is 9.54. The second kappa shape index (κ2) is 9.10. The first-order valence-electron chi connectivity index (χ1n) is 12.2. The summed E-state index contributed by atoms with van der Waals surface area (Å²) in [6, 6.07) is 11.7. The molecule has 8 heteroatoms. The summed E-state index contributed by atoms with van der Waals surface area (Å²) < 4.78 is 10.4. The van der Waals surface area contributed by atoms with Crippen LogP contribution in [-0.2, 0) is 7.05 Å². The maximum absolute atomic E-state index is 7.33. The van der Waals surface area contributed by atoms with Crippen molar-refractivity contribution in [1.82, 2.24) is 28.8 Å². The number of pyridine rings is 1. The molecule has 5 aromatic rings. The molecule has 1 aromatic carbocycles.